The number of amidine groups is 1. The first-order valence-electron chi connectivity index (χ1n) is 11.4. The molecule has 0 bridgehead atoms. The molecule has 2 aromatic heterocycles. The van der Waals surface area contributed by atoms with Crippen molar-refractivity contribution in [2.75, 3.05) is 0 Å². The minimum absolute atomic E-state index is 0.0336. The van der Waals surface area contributed by atoms with E-state index < -0.39 is 45.5 Å². The number of benzene rings is 1. The predicted molar refractivity (Wildman–Crippen MR) is 130 cm³/mol. The van der Waals surface area contributed by atoms with Gasteiger partial charge in [-0.25, -0.2) is 4.39 Å². The Morgan fingerprint density at radius 3 is 2.47 bits per heavy atom. The number of oxime groups is 1. The summed E-state index contributed by atoms with van der Waals surface area (Å²) in [4.78, 5) is 23.6. The van der Waals surface area contributed by atoms with E-state index in [0.717, 1.165) is 28.8 Å². The lowest BCUT2D eigenvalue weighted by atomic mass is 9.89. The molecule has 8 nitrogen and oxygen atoms in total. The highest BCUT2D eigenvalue weighted by Crippen LogP contribution is 2.50. The molecule has 5 rings (SSSR count). The highest BCUT2D eigenvalue weighted by atomic mass is 35.5. The van der Waals surface area contributed by atoms with Crippen molar-refractivity contribution >= 4 is 34.9 Å². The third-order valence-corrected chi connectivity index (χ3v) is 7.15. The zero-order chi connectivity index (χ0) is 27.4. The fourth-order valence-corrected chi connectivity index (χ4v) is 4.94. The normalized spacial score (nSPS) is 19.7. The average molecular weight is 571 g/mol. The monoisotopic (exact) mass is 570 g/mol. The summed E-state index contributed by atoms with van der Waals surface area (Å²) in [6, 6.07) is 2.98. The highest BCUT2D eigenvalue weighted by molar-refractivity contribution is 6.35. The van der Waals surface area contributed by atoms with Gasteiger partial charge in [0.05, 0.1) is 28.7 Å². The SMILES string of the molecule is CC(NC(=O)c1cc2c(cn1)CN(C1=NOC(c3cc(Cl)c(F)c(Cl)c3)(C(F)(F)F)C1)C2)c1cnn(C)c1. The predicted octanol–water partition coefficient (Wildman–Crippen LogP) is 5.26. The molecule has 1 aromatic carbocycles. The smallest absolute Gasteiger partial charge is 0.372 e. The molecule has 0 fully saturated rings. The minimum Gasteiger partial charge on any atom is -0.372 e. The third kappa shape index (κ3) is 4.55. The number of alkyl halides is 3. The van der Waals surface area contributed by atoms with Crippen LogP contribution in [0, 0.1) is 5.82 Å². The summed E-state index contributed by atoms with van der Waals surface area (Å²) >= 11 is 11.5. The molecule has 0 radical (unpaired) electrons. The van der Waals surface area contributed by atoms with Gasteiger partial charge in [0.15, 0.2) is 5.82 Å². The maximum absolute atomic E-state index is 14.3. The summed E-state index contributed by atoms with van der Waals surface area (Å²) in [5, 5.41) is 9.58. The van der Waals surface area contributed by atoms with Gasteiger partial charge < -0.3 is 15.1 Å². The number of fused-ring (bicyclic) bond motifs is 1. The molecule has 0 aliphatic carbocycles. The van der Waals surface area contributed by atoms with Crippen molar-refractivity contribution in [2.24, 2.45) is 12.2 Å². The Balaban J connectivity index is 1.32. The van der Waals surface area contributed by atoms with Crippen molar-refractivity contribution in [3.05, 3.63) is 80.6 Å². The first-order valence-corrected chi connectivity index (χ1v) is 12.1. The molecule has 1 amide bonds. The summed E-state index contributed by atoms with van der Waals surface area (Å²) in [5.74, 6) is -1.39. The maximum atomic E-state index is 14.3. The molecule has 0 spiro atoms. The molecule has 2 aliphatic rings. The number of hydrogen-bond acceptors (Lipinski definition) is 6. The van der Waals surface area contributed by atoms with Crippen LogP contribution in [-0.4, -0.2) is 37.6 Å². The molecule has 0 saturated carbocycles. The van der Waals surface area contributed by atoms with Gasteiger partial charge in [0.2, 0.25) is 0 Å². The number of rotatable bonds is 4. The van der Waals surface area contributed by atoms with Gasteiger partial charge >= 0.3 is 6.18 Å². The van der Waals surface area contributed by atoms with E-state index >= 15 is 0 Å². The number of amides is 1. The molecule has 2 aliphatic heterocycles. The Morgan fingerprint density at radius 2 is 1.84 bits per heavy atom. The molecular formula is C24H20Cl2F4N6O2. The second-order valence-corrected chi connectivity index (χ2v) is 10.0. The summed E-state index contributed by atoms with van der Waals surface area (Å²) in [7, 11) is 1.77. The van der Waals surface area contributed by atoms with Crippen LogP contribution in [0.5, 0.6) is 0 Å². The fourth-order valence-electron chi connectivity index (χ4n) is 4.45. The summed E-state index contributed by atoms with van der Waals surface area (Å²) in [6.45, 7) is 2.23. The van der Waals surface area contributed by atoms with E-state index in [0.29, 0.717) is 0 Å². The van der Waals surface area contributed by atoms with Crippen LogP contribution in [0.3, 0.4) is 0 Å². The molecule has 3 aromatic rings. The molecule has 2 atom stereocenters. The summed E-state index contributed by atoms with van der Waals surface area (Å²) in [6.07, 6.45) is -0.624. The molecule has 4 heterocycles. The zero-order valence-electron chi connectivity index (χ0n) is 20.0. The quantitative estimate of drug-likeness (QED) is 0.341. The average Bonchev–Trinajstić information content (AvgIpc) is 3.59. The van der Waals surface area contributed by atoms with E-state index in [1.54, 1.807) is 35.1 Å². The number of halogens is 6. The van der Waals surface area contributed by atoms with Gasteiger partial charge in [-0.1, -0.05) is 28.4 Å². The number of pyridine rings is 1. The van der Waals surface area contributed by atoms with Gasteiger partial charge in [0.1, 0.15) is 11.5 Å². The number of aryl methyl sites for hydroxylation is 1. The Hall–Kier alpha value is -3.38. The van der Waals surface area contributed by atoms with Gasteiger partial charge in [-0.05, 0) is 36.2 Å². The Morgan fingerprint density at radius 1 is 1.16 bits per heavy atom. The van der Waals surface area contributed by atoms with Crippen LogP contribution < -0.4 is 5.32 Å². The Labute approximate surface area is 224 Å². The number of carbonyl (C=O) groups excluding carboxylic acids is 1. The standard InChI is InChI=1S/C24H20Cl2F4N6O2/c1-12(14-8-32-35(2)9-14)33-22(37)19-3-13-10-36(11-15(13)7-31-19)20-6-23(38-34-20,24(28,29)30)16-4-17(25)21(27)18(26)5-16/h3-5,7-9,12H,6,10-11H2,1-2H3,(H,33,37). The lowest BCUT2D eigenvalue weighted by Crippen LogP contribution is -2.44. The van der Waals surface area contributed by atoms with Crippen LogP contribution in [0.1, 0.15) is 52.1 Å². The van der Waals surface area contributed by atoms with E-state index in [1.165, 1.54) is 6.20 Å². The number of nitrogens with one attached hydrogen (secondary N) is 1. The van der Waals surface area contributed by atoms with E-state index in [1.807, 2.05) is 6.92 Å². The van der Waals surface area contributed by atoms with Crippen LogP contribution in [-0.2, 0) is 30.6 Å². The van der Waals surface area contributed by atoms with Crippen LogP contribution in [0.25, 0.3) is 0 Å². The van der Waals surface area contributed by atoms with Gasteiger partial charge in [-0.2, -0.15) is 18.3 Å². The van der Waals surface area contributed by atoms with E-state index in [4.69, 9.17) is 28.0 Å². The number of carbonyl (C=O) groups is 1. The van der Waals surface area contributed by atoms with Gasteiger partial charge in [-0.3, -0.25) is 14.5 Å². The van der Waals surface area contributed by atoms with E-state index in [9.17, 15) is 22.4 Å². The van der Waals surface area contributed by atoms with Gasteiger partial charge in [-0.15, -0.1) is 0 Å². The largest absolute Gasteiger partial charge is 0.435 e. The van der Waals surface area contributed by atoms with E-state index in [2.05, 4.69) is 20.6 Å². The van der Waals surface area contributed by atoms with Crippen molar-refractivity contribution in [3.8, 4) is 0 Å². The second kappa shape index (κ2) is 9.42. The molecule has 200 valence electrons. The van der Waals surface area contributed by atoms with Crippen molar-refractivity contribution in [1.29, 1.82) is 0 Å². The van der Waals surface area contributed by atoms with Crippen molar-refractivity contribution in [3.63, 3.8) is 0 Å². The second-order valence-electron chi connectivity index (χ2n) is 9.19. The minimum atomic E-state index is -4.91. The topological polar surface area (TPSA) is 84.6 Å². The van der Waals surface area contributed by atoms with Crippen LogP contribution in [0.2, 0.25) is 10.0 Å². The van der Waals surface area contributed by atoms with Crippen molar-refractivity contribution in [2.45, 2.75) is 44.3 Å². The Kier molecular flexibility index (Phi) is 6.50. The lowest BCUT2D eigenvalue weighted by molar-refractivity contribution is -0.275. The molecule has 0 saturated heterocycles. The van der Waals surface area contributed by atoms with Crippen LogP contribution >= 0.6 is 23.2 Å². The van der Waals surface area contributed by atoms with E-state index in [-0.39, 0.29) is 30.7 Å². The number of aromatic nitrogens is 3. The zero-order valence-corrected chi connectivity index (χ0v) is 21.5. The summed E-state index contributed by atoms with van der Waals surface area (Å²) in [5.41, 5.74) is -0.888. The lowest BCUT2D eigenvalue weighted by Gasteiger charge is -2.30. The first kappa shape index (κ1) is 26.2. The third-order valence-electron chi connectivity index (χ3n) is 6.60. The first-order chi connectivity index (χ1) is 17.9. The molecule has 14 heteroatoms. The van der Waals surface area contributed by atoms with Crippen molar-refractivity contribution in [1.82, 2.24) is 25.0 Å². The number of hydrogen-bond donors (Lipinski definition) is 1. The summed E-state index contributed by atoms with van der Waals surface area (Å²) < 4.78 is 58.4. The molecular weight excluding hydrogens is 551 g/mol. The van der Waals surface area contributed by atoms with Crippen LogP contribution in [0.4, 0.5) is 17.6 Å². The Bertz CT molecular complexity index is 1440. The molecule has 1 N–H and O–H groups in total. The maximum Gasteiger partial charge on any atom is 0.435 e. The molecule has 2 unspecified atom stereocenters. The van der Waals surface area contributed by atoms with Gasteiger partial charge in [0.25, 0.3) is 11.5 Å². The number of nitrogens with zero attached hydrogens (tertiary/aromatic N) is 5. The fraction of sp³-hybridized carbons (Fsp3) is 0.333. The van der Waals surface area contributed by atoms with Crippen LogP contribution in [0.15, 0.2) is 41.9 Å². The van der Waals surface area contributed by atoms with Gasteiger partial charge in [0, 0.05) is 43.7 Å². The van der Waals surface area contributed by atoms with Crippen molar-refractivity contribution < 1.29 is 27.2 Å². The molecule has 38 heavy (non-hydrogen) atoms. The highest BCUT2D eigenvalue weighted by Gasteiger charge is 2.63.